The number of aliphatic carboxylic acids is 1. The second kappa shape index (κ2) is 9.12. The number of halogens is 2. The molecule has 126 valence electrons. The van der Waals surface area contributed by atoms with Gasteiger partial charge in [0.1, 0.15) is 11.6 Å². The molecule has 1 aromatic rings. The number of rotatable bonds is 9. The fourth-order valence-electron chi connectivity index (χ4n) is 1.55. The van der Waals surface area contributed by atoms with Crippen LogP contribution in [0.25, 0.3) is 0 Å². The highest BCUT2D eigenvalue weighted by Crippen LogP contribution is 2.25. The third-order valence-electron chi connectivity index (χ3n) is 2.70. The number of hydrogen-bond acceptors (Lipinski definition) is 4. The summed E-state index contributed by atoms with van der Waals surface area (Å²) in [5.41, 5.74) is 0. The fourth-order valence-corrected chi connectivity index (χ4v) is 1.76. The molecule has 1 aromatic carbocycles. The molecule has 6 nitrogen and oxygen atoms in total. The Hall–Kier alpha value is -2.12. The Morgan fingerprint density at radius 1 is 1.52 bits per heavy atom. The quantitative estimate of drug-likeness (QED) is 0.528. The van der Waals surface area contributed by atoms with Crippen LogP contribution < -0.4 is 10.1 Å². The van der Waals surface area contributed by atoms with Crippen molar-refractivity contribution in [1.82, 2.24) is 5.32 Å². The normalized spacial score (nSPS) is 13.0. The van der Waals surface area contributed by atoms with Crippen molar-refractivity contribution in [3.63, 3.8) is 0 Å². The van der Waals surface area contributed by atoms with Gasteiger partial charge in [-0.3, -0.25) is 4.79 Å². The van der Waals surface area contributed by atoms with E-state index < -0.39 is 29.8 Å². The van der Waals surface area contributed by atoms with Crippen LogP contribution in [0, 0.1) is 5.82 Å². The van der Waals surface area contributed by atoms with Crippen LogP contribution in [0.15, 0.2) is 30.9 Å². The molecule has 0 aromatic heterocycles. The first kappa shape index (κ1) is 18.9. The maximum absolute atomic E-state index is 12.9. The molecule has 2 atom stereocenters. The van der Waals surface area contributed by atoms with Gasteiger partial charge in [0.2, 0.25) is 0 Å². The predicted molar refractivity (Wildman–Crippen MR) is 82.1 cm³/mol. The molecule has 0 fully saturated rings. The number of benzene rings is 1. The van der Waals surface area contributed by atoms with E-state index in [1.54, 1.807) is 0 Å². The van der Waals surface area contributed by atoms with Crippen LogP contribution in [-0.2, 0) is 14.3 Å². The Balaban J connectivity index is 2.63. The zero-order valence-corrected chi connectivity index (χ0v) is 13.2. The smallest absolute Gasteiger partial charge is 0.328 e. The lowest BCUT2D eigenvalue weighted by atomic mass is 10.2. The van der Waals surface area contributed by atoms with Crippen LogP contribution in [0.3, 0.4) is 0 Å². The van der Waals surface area contributed by atoms with Crippen molar-refractivity contribution >= 4 is 23.5 Å². The van der Waals surface area contributed by atoms with Gasteiger partial charge in [0.15, 0.2) is 12.1 Å². The average molecular weight is 346 g/mol. The Bertz CT molecular complexity index is 581. The maximum Gasteiger partial charge on any atom is 0.328 e. The van der Waals surface area contributed by atoms with E-state index in [1.165, 1.54) is 19.1 Å². The SMILES string of the molecule is C=CCOCC(NC(=O)C(C)Oc1ccc(F)cc1Cl)C(=O)O. The van der Waals surface area contributed by atoms with Crippen LogP contribution >= 0.6 is 11.6 Å². The van der Waals surface area contributed by atoms with Gasteiger partial charge in [0.25, 0.3) is 5.91 Å². The highest BCUT2D eigenvalue weighted by Gasteiger charge is 2.24. The Morgan fingerprint density at radius 2 is 2.22 bits per heavy atom. The molecule has 0 saturated carbocycles. The number of hydrogen-bond donors (Lipinski definition) is 2. The number of carboxylic acids is 1. The fraction of sp³-hybridized carbons (Fsp3) is 0.333. The maximum atomic E-state index is 12.9. The van der Waals surface area contributed by atoms with Crippen molar-refractivity contribution in [2.75, 3.05) is 13.2 Å². The third-order valence-corrected chi connectivity index (χ3v) is 3.00. The Labute approximate surface area is 137 Å². The van der Waals surface area contributed by atoms with Gasteiger partial charge in [-0.1, -0.05) is 17.7 Å². The van der Waals surface area contributed by atoms with Gasteiger partial charge in [0.05, 0.1) is 18.2 Å². The molecule has 0 heterocycles. The minimum atomic E-state index is -1.24. The van der Waals surface area contributed by atoms with Crippen LogP contribution in [-0.4, -0.2) is 42.3 Å². The summed E-state index contributed by atoms with van der Waals surface area (Å²) in [6.45, 7) is 4.80. The van der Waals surface area contributed by atoms with Crippen LogP contribution in [0.2, 0.25) is 5.02 Å². The number of ether oxygens (including phenoxy) is 2. The van der Waals surface area contributed by atoms with E-state index in [4.69, 9.17) is 26.2 Å². The lowest BCUT2D eigenvalue weighted by Gasteiger charge is -2.19. The van der Waals surface area contributed by atoms with E-state index in [-0.39, 0.29) is 24.0 Å². The number of amides is 1. The summed E-state index contributed by atoms with van der Waals surface area (Å²) >= 11 is 5.80. The average Bonchev–Trinajstić information content (AvgIpc) is 2.48. The van der Waals surface area contributed by atoms with E-state index in [0.29, 0.717) is 0 Å². The molecule has 2 unspecified atom stereocenters. The van der Waals surface area contributed by atoms with Crippen LogP contribution in [0.5, 0.6) is 5.75 Å². The van der Waals surface area contributed by atoms with E-state index in [9.17, 15) is 14.0 Å². The second-order valence-corrected chi connectivity index (χ2v) is 4.97. The minimum absolute atomic E-state index is 0.00810. The molecule has 8 heteroatoms. The minimum Gasteiger partial charge on any atom is -0.480 e. The second-order valence-electron chi connectivity index (χ2n) is 4.56. The largest absolute Gasteiger partial charge is 0.480 e. The molecule has 1 amide bonds. The van der Waals surface area contributed by atoms with Crippen molar-refractivity contribution < 1.29 is 28.6 Å². The van der Waals surface area contributed by atoms with Crippen LogP contribution in [0.1, 0.15) is 6.92 Å². The molecule has 0 bridgehead atoms. The van der Waals surface area contributed by atoms with Gasteiger partial charge in [-0.05, 0) is 25.1 Å². The van der Waals surface area contributed by atoms with Gasteiger partial charge < -0.3 is 19.9 Å². The van der Waals surface area contributed by atoms with E-state index in [0.717, 1.165) is 12.1 Å². The topological polar surface area (TPSA) is 84.9 Å². The molecule has 2 N–H and O–H groups in total. The summed E-state index contributed by atoms with van der Waals surface area (Å²) in [5.74, 6) is -2.33. The van der Waals surface area contributed by atoms with Crippen molar-refractivity contribution in [2.24, 2.45) is 0 Å². The highest BCUT2D eigenvalue weighted by molar-refractivity contribution is 6.32. The first-order valence-electron chi connectivity index (χ1n) is 6.68. The van der Waals surface area contributed by atoms with E-state index in [2.05, 4.69) is 11.9 Å². The summed E-state index contributed by atoms with van der Waals surface area (Å²) in [4.78, 5) is 23.1. The summed E-state index contributed by atoms with van der Waals surface area (Å²) in [7, 11) is 0. The van der Waals surface area contributed by atoms with Crippen LogP contribution in [0.4, 0.5) is 4.39 Å². The molecule has 0 aliphatic rings. The zero-order chi connectivity index (χ0) is 17.4. The van der Waals surface area contributed by atoms with Gasteiger partial charge >= 0.3 is 5.97 Å². The van der Waals surface area contributed by atoms with E-state index >= 15 is 0 Å². The molecular weight excluding hydrogens is 329 g/mol. The highest BCUT2D eigenvalue weighted by atomic mass is 35.5. The molecular formula is C15H17ClFNO5. The summed E-state index contributed by atoms with van der Waals surface area (Å²) < 4.78 is 23.3. The first-order valence-corrected chi connectivity index (χ1v) is 7.06. The van der Waals surface area contributed by atoms with E-state index in [1.807, 2.05) is 0 Å². The summed E-state index contributed by atoms with van der Waals surface area (Å²) in [6, 6.07) is 2.24. The molecule has 0 aliphatic carbocycles. The molecule has 0 aliphatic heterocycles. The van der Waals surface area contributed by atoms with Gasteiger partial charge in [0, 0.05) is 0 Å². The molecule has 0 spiro atoms. The monoisotopic (exact) mass is 345 g/mol. The summed E-state index contributed by atoms with van der Waals surface area (Å²) in [5, 5.41) is 11.3. The number of nitrogens with one attached hydrogen (secondary N) is 1. The number of carbonyl (C=O) groups is 2. The Morgan fingerprint density at radius 3 is 2.78 bits per heavy atom. The van der Waals surface area contributed by atoms with Crippen molar-refractivity contribution in [2.45, 2.75) is 19.1 Å². The van der Waals surface area contributed by atoms with Gasteiger partial charge in [-0.15, -0.1) is 6.58 Å². The van der Waals surface area contributed by atoms with Crippen molar-refractivity contribution in [1.29, 1.82) is 0 Å². The predicted octanol–water partition coefficient (Wildman–Crippen LogP) is 2.02. The third kappa shape index (κ3) is 6.25. The standard InChI is InChI=1S/C15H17ClFNO5/c1-3-6-22-8-12(15(20)21)18-14(19)9(2)23-13-5-4-10(17)7-11(13)16/h3-5,7,9,12H,1,6,8H2,2H3,(H,18,19)(H,20,21). The molecule has 0 radical (unpaired) electrons. The Kier molecular flexibility index (Phi) is 7.50. The molecule has 1 rings (SSSR count). The zero-order valence-electron chi connectivity index (χ0n) is 12.4. The molecule has 23 heavy (non-hydrogen) atoms. The van der Waals surface area contributed by atoms with Crippen molar-refractivity contribution in [3.05, 3.63) is 41.7 Å². The van der Waals surface area contributed by atoms with Gasteiger partial charge in [-0.2, -0.15) is 0 Å². The van der Waals surface area contributed by atoms with Crippen molar-refractivity contribution in [3.8, 4) is 5.75 Å². The first-order chi connectivity index (χ1) is 10.8. The number of carbonyl (C=O) groups excluding carboxylic acids is 1. The van der Waals surface area contributed by atoms with Gasteiger partial charge in [-0.25, -0.2) is 9.18 Å². The lowest BCUT2D eigenvalue weighted by Crippen LogP contribution is -2.48. The lowest BCUT2D eigenvalue weighted by molar-refractivity contribution is -0.144. The summed E-state index contributed by atoms with van der Waals surface area (Å²) in [6.07, 6.45) is 0.433. The number of carboxylic acid groups (broad SMARTS) is 1. The molecule has 0 saturated heterocycles.